The van der Waals surface area contributed by atoms with Crippen LogP contribution in [0, 0.1) is 6.92 Å². The van der Waals surface area contributed by atoms with Crippen LogP contribution in [-0.4, -0.2) is 42.7 Å². The average molecular weight is 315 g/mol. The van der Waals surface area contributed by atoms with E-state index in [-0.39, 0.29) is 17.3 Å². The van der Waals surface area contributed by atoms with Crippen LogP contribution in [0.2, 0.25) is 0 Å². The lowest BCUT2D eigenvalue weighted by molar-refractivity contribution is 0.0598. The van der Waals surface area contributed by atoms with Crippen LogP contribution < -0.4 is 4.90 Å². The molecule has 1 aromatic carbocycles. The number of aromatic nitrogens is 2. The van der Waals surface area contributed by atoms with Crippen LogP contribution >= 0.6 is 0 Å². The number of esters is 1. The first-order chi connectivity index (χ1) is 11.0. The molecule has 1 atom stereocenters. The van der Waals surface area contributed by atoms with Crippen molar-refractivity contribution in [2.45, 2.75) is 19.9 Å². The van der Waals surface area contributed by atoms with Gasteiger partial charge in [0.05, 0.1) is 19.3 Å². The molecule has 0 aliphatic carbocycles. The van der Waals surface area contributed by atoms with Gasteiger partial charge in [0.1, 0.15) is 11.3 Å². The number of carbonyl (C=O) groups is 2. The highest BCUT2D eigenvalue weighted by Gasteiger charge is 2.21. The summed E-state index contributed by atoms with van der Waals surface area (Å²) in [6.45, 7) is 4.64. The van der Waals surface area contributed by atoms with Gasteiger partial charge in [-0.2, -0.15) is 5.10 Å². The maximum atomic E-state index is 11.7. The van der Waals surface area contributed by atoms with Gasteiger partial charge in [-0.05, 0) is 26.0 Å². The second-order valence-electron chi connectivity index (χ2n) is 5.56. The molecule has 0 aliphatic rings. The number of benzene rings is 1. The van der Waals surface area contributed by atoms with E-state index in [1.54, 1.807) is 4.68 Å². The van der Waals surface area contributed by atoms with Gasteiger partial charge < -0.3 is 9.64 Å². The Balaban J connectivity index is 2.18. The van der Waals surface area contributed by atoms with E-state index >= 15 is 0 Å². The molecule has 0 spiro atoms. The lowest BCUT2D eigenvalue weighted by atomic mass is 10.2. The van der Waals surface area contributed by atoms with Crippen molar-refractivity contribution in [2.75, 3.05) is 25.6 Å². The number of hydrogen-bond acceptors (Lipinski definition) is 5. The van der Waals surface area contributed by atoms with Gasteiger partial charge in [-0.1, -0.05) is 17.7 Å². The number of likely N-dealkylation sites (N-methyl/N-ethyl adjacent to an activating group) is 1. The third kappa shape index (κ3) is 3.59. The molecule has 0 aliphatic heterocycles. The zero-order valence-electron chi connectivity index (χ0n) is 13.8. The van der Waals surface area contributed by atoms with Crippen molar-refractivity contribution in [1.29, 1.82) is 0 Å². The number of methoxy groups -OCH3 is 1. The fourth-order valence-corrected chi connectivity index (χ4v) is 2.49. The van der Waals surface area contributed by atoms with E-state index in [0.29, 0.717) is 12.8 Å². The van der Waals surface area contributed by atoms with Crippen molar-refractivity contribution in [2.24, 2.45) is 0 Å². The molecule has 23 heavy (non-hydrogen) atoms. The zero-order chi connectivity index (χ0) is 17.0. The Morgan fingerprint density at radius 2 is 2.04 bits per heavy atom. The third-order valence-corrected chi connectivity index (χ3v) is 3.78. The molecule has 122 valence electrons. The van der Waals surface area contributed by atoms with Gasteiger partial charge in [0, 0.05) is 19.3 Å². The quantitative estimate of drug-likeness (QED) is 0.605. The Kier molecular flexibility index (Phi) is 5.16. The monoisotopic (exact) mass is 315 g/mol. The molecule has 2 rings (SSSR count). The molecule has 0 fully saturated rings. The Bertz CT molecular complexity index is 692. The first-order valence-corrected chi connectivity index (χ1v) is 7.36. The number of ether oxygens (including phenoxy) is 1. The minimum atomic E-state index is -0.558. The summed E-state index contributed by atoms with van der Waals surface area (Å²) in [5, 5.41) is 4.17. The topological polar surface area (TPSA) is 64.4 Å². The van der Waals surface area contributed by atoms with E-state index in [9.17, 15) is 9.59 Å². The molecule has 0 amide bonds. The minimum absolute atomic E-state index is 0.0834. The molecule has 6 heteroatoms. The predicted octanol–water partition coefficient (Wildman–Crippen LogP) is 2.49. The highest BCUT2D eigenvalue weighted by atomic mass is 16.5. The molecular weight excluding hydrogens is 294 g/mol. The van der Waals surface area contributed by atoms with Gasteiger partial charge in [-0.25, -0.2) is 4.79 Å². The van der Waals surface area contributed by atoms with Crippen LogP contribution in [0.4, 0.5) is 5.69 Å². The van der Waals surface area contributed by atoms with E-state index in [4.69, 9.17) is 0 Å². The van der Waals surface area contributed by atoms with Crippen molar-refractivity contribution in [3.05, 3.63) is 47.3 Å². The van der Waals surface area contributed by atoms with Crippen molar-refractivity contribution in [3.8, 4) is 0 Å². The van der Waals surface area contributed by atoms with Crippen LogP contribution in [0.15, 0.2) is 30.5 Å². The van der Waals surface area contributed by atoms with Crippen LogP contribution in [0.1, 0.15) is 39.4 Å². The van der Waals surface area contributed by atoms with E-state index in [0.717, 1.165) is 5.69 Å². The molecule has 1 aromatic heterocycles. The second-order valence-corrected chi connectivity index (χ2v) is 5.56. The van der Waals surface area contributed by atoms with Crippen molar-refractivity contribution < 1.29 is 14.3 Å². The standard InChI is InChI=1S/C17H21N3O3/c1-12-5-7-14(8-6-12)19(3)10-13(2)20-16(11-21)15(9-18-20)17(22)23-4/h5-9,11,13H,10H2,1-4H3. The SMILES string of the molecule is COC(=O)c1cnn(C(C)CN(C)c2ccc(C)cc2)c1C=O. The summed E-state index contributed by atoms with van der Waals surface area (Å²) in [4.78, 5) is 25.1. The van der Waals surface area contributed by atoms with Gasteiger partial charge >= 0.3 is 5.97 Å². The Hall–Kier alpha value is -2.63. The lowest BCUT2D eigenvalue weighted by Gasteiger charge is -2.24. The molecule has 0 saturated heterocycles. The second kappa shape index (κ2) is 7.09. The van der Waals surface area contributed by atoms with Gasteiger partial charge in [0.15, 0.2) is 6.29 Å². The zero-order valence-corrected chi connectivity index (χ0v) is 13.8. The molecule has 1 unspecified atom stereocenters. The highest BCUT2D eigenvalue weighted by molar-refractivity contribution is 5.97. The first kappa shape index (κ1) is 16.7. The normalized spacial score (nSPS) is 11.8. The average Bonchev–Trinajstić information content (AvgIpc) is 2.98. The molecule has 0 saturated carbocycles. The van der Waals surface area contributed by atoms with Crippen molar-refractivity contribution in [3.63, 3.8) is 0 Å². The van der Waals surface area contributed by atoms with Crippen molar-refractivity contribution >= 4 is 17.9 Å². The highest BCUT2D eigenvalue weighted by Crippen LogP contribution is 2.19. The van der Waals surface area contributed by atoms with Crippen LogP contribution in [0.25, 0.3) is 0 Å². The van der Waals surface area contributed by atoms with Crippen LogP contribution in [-0.2, 0) is 4.74 Å². The lowest BCUT2D eigenvalue weighted by Crippen LogP contribution is -2.27. The number of aryl methyl sites for hydroxylation is 1. The molecular formula is C17H21N3O3. The van der Waals surface area contributed by atoms with Crippen molar-refractivity contribution in [1.82, 2.24) is 9.78 Å². The summed E-state index contributed by atoms with van der Waals surface area (Å²) in [5.74, 6) is -0.558. The molecule has 0 bridgehead atoms. The number of hydrogen-bond donors (Lipinski definition) is 0. The number of anilines is 1. The Morgan fingerprint density at radius 3 is 2.61 bits per heavy atom. The van der Waals surface area contributed by atoms with Gasteiger partial charge in [0.2, 0.25) is 0 Å². The minimum Gasteiger partial charge on any atom is -0.465 e. The summed E-state index contributed by atoms with van der Waals surface area (Å²) in [7, 11) is 3.26. The molecule has 2 aromatic rings. The summed E-state index contributed by atoms with van der Waals surface area (Å²) in [6, 6.07) is 8.12. The van der Waals surface area contributed by atoms with Crippen LogP contribution in [0.3, 0.4) is 0 Å². The summed E-state index contributed by atoms with van der Waals surface area (Å²) >= 11 is 0. The predicted molar refractivity (Wildman–Crippen MR) is 88.1 cm³/mol. The third-order valence-electron chi connectivity index (χ3n) is 3.78. The number of nitrogens with zero attached hydrogens (tertiary/aromatic N) is 3. The van der Waals surface area contributed by atoms with Gasteiger partial charge in [-0.15, -0.1) is 0 Å². The van der Waals surface area contributed by atoms with E-state index in [1.165, 1.54) is 18.9 Å². The number of carbonyl (C=O) groups excluding carboxylic acids is 2. The van der Waals surface area contributed by atoms with Gasteiger partial charge in [0.25, 0.3) is 0 Å². The Morgan fingerprint density at radius 1 is 1.39 bits per heavy atom. The molecule has 1 heterocycles. The summed E-state index contributed by atoms with van der Waals surface area (Å²) in [6.07, 6.45) is 2.01. The molecule has 6 nitrogen and oxygen atoms in total. The summed E-state index contributed by atoms with van der Waals surface area (Å²) < 4.78 is 6.23. The number of rotatable bonds is 6. The van der Waals surface area contributed by atoms with Gasteiger partial charge in [-0.3, -0.25) is 9.48 Å². The fourth-order valence-electron chi connectivity index (χ4n) is 2.49. The van der Waals surface area contributed by atoms with E-state index in [1.807, 2.05) is 33.0 Å². The summed E-state index contributed by atoms with van der Waals surface area (Å²) in [5.41, 5.74) is 2.71. The van der Waals surface area contributed by atoms with Crippen LogP contribution in [0.5, 0.6) is 0 Å². The maximum absolute atomic E-state index is 11.7. The molecule has 0 N–H and O–H groups in total. The first-order valence-electron chi connectivity index (χ1n) is 7.36. The largest absolute Gasteiger partial charge is 0.465 e. The fraction of sp³-hybridized carbons (Fsp3) is 0.353. The van der Waals surface area contributed by atoms with E-state index < -0.39 is 5.97 Å². The number of aldehydes is 1. The van der Waals surface area contributed by atoms with E-state index in [2.05, 4.69) is 26.9 Å². The molecule has 0 radical (unpaired) electrons. The Labute approximate surface area is 135 Å². The maximum Gasteiger partial charge on any atom is 0.341 e. The smallest absolute Gasteiger partial charge is 0.341 e.